The molecule has 4 nitrogen and oxygen atoms in total. The second kappa shape index (κ2) is 6.40. The quantitative estimate of drug-likeness (QED) is 0.601. The van der Waals surface area contributed by atoms with Crippen molar-refractivity contribution in [2.75, 3.05) is 11.9 Å². The highest BCUT2D eigenvalue weighted by Crippen LogP contribution is 2.25. The van der Waals surface area contributed by atoms with Crippen LogP contribution in [-0.4, -0.2) is 23.0 Å². The molecule has 0 unspecified atom stereocenters. The minimum Gasteiger partial charge on any atom is -0.507 e. The first-order valence-corrected chi connectivity index (χ1v) is 7.56. The molecule has 0 saturated carbocycles. The van der Waals surface area contributed by atoms with Gasteiger partial charge >= 0.3 is 0 Å². The summed E-state index contributed by atoms with van der Waals surface area (Å²) in [7, 11) is 1.62. The molecule has 0 saturated heterocycles. The molecule has 2 aromatic rings. The van der Waals surface area contributed by atoms with Gasteiger partial charge in [0.2, 0.25) is 0 Å². The Morgan fingerprint density at radius 1 is 1.24 bits per heavy atom. The number of carbonyl (C=O) groups excluding carboxylic acids is 1. The van der Waals surface area contributed by atoms with Crippen LogP contribution in [0.5, 0.6) is 5.75 Å². The topological polar surface area (TPSA) is 66.6 Å². The maximum absolute atomic E-state index is 12.6. The van der Waals surface area contributed by atoms with E-state index in [1.54, 1.807) is 43.4 Å². The number of rotatable bonds is 3. The molecule has 0 atom stereocenters. The van der Waals surface area contributed by atoms with Crippen molar-refractivity contribution >= 4 is 51.4 Å². The fraction of sp³-hybridized carbons (Fsp3) is 0.0667. The zero-order chi connectivity index (χ0) is 15.6. The number of carbonyl (C=O) groups is 1. The van der Waals surface area contributed by atoms with Crippen LogP contribution in [0, 0.1) is 3.57 Å². The Morgan fingerprint density at radius 3 is 2.57 bits per heavy atom. The van der Waals surface area contributed by atoms with Crippen LogP contribution in [0.25, 0.3) is 0 Å². The molecule has 0 aliphatic carbocycles. The van der Waals surface area contributed by atoms with E-state index in [4.69, 9.17) is 18.0 Å². The van der Waals surface area contributed by atoms with Crippen LogP contribution in [0.15, 0.2) is 42.5 Å². The SMILES string of the molecule is CN(C(=O)c1cc(I)ccc1O)c1ccccc1C(N)=S. The molecule has 1 amide bonds. The Balaban J connectivity index is 2.45. The number of hydrogen-bond donors (Lipinski definition) is 2. The van der Waals surface area contributed by atoms with Crippen LogP contribution in [-0.2, 0) is 0 Å². The minimum absolute atomic E-state index is 0.0555. The Hall–Kier alpha value is -1.67. The molecule has 0 aliphatic rings. The standard InChI is InChI=1S/C15H13IN2O2S/c1-18(12-5-3-2-4-10(12)14(17)21)15(20)11-8-9(16)6-7-13(11)19/h2-8,19H,1H3,(H2,17,21). The van der Waals surface area contributed by atoms with Gasteiger partial charge in [-0.05, 0) is 52.9 Å². The number of nitrogens with zero attached hydrogens (tertiary/aromatic N) is 1. The first-order chi connectivity index (χ1) is 9.91. The van der Waals surface area contributed by atoms with E-state index in [1.807, 2.05) is 0 Å². The van der Waals surface area contributed by atoms with Crippen LogP contribution in [0.1, 0.15) is 15.9 Å². The highest BCUT2D eigenvalue weighted by atomic mass is 127. The van der Waals surface area contributed by atoms with Gasteiger partial charge in [-0.3, -0.25) is 4.79 Å². The van der Waals surface area contributed by atoms with Crippen molar-refractivity contribution in [3.63, 3.8) is 0 Å². The van der Waals surface area contributed by atoms with Crippen molar-refractivity contribution in [3.8, 4) is 5.75 Å². The van der Waals surface area contributed by atoms with Gasteiger partial charge in [0.05, 0.1) is 11.3 Å². The first kappa shape index (κ1) is 15.7. The maximum atomic E-state index is 12.6. The van der Waals surface area contributed by atoms with Gasteiger partial charge in [0.25, 0.3) is 5.91 Å². The van der Waals surface area contributed by atoms with Crippen molar-refractivity contribution in [2.24, 2.45) is 5.73 Å². The third-order valence-corrected chi connectivity index (χ3v) is 3.92. The normalized spacial score (nSPS) is 10.2. The molecule has 0 fully saturated rings. The molecule has 3 N–H and O–H groups in total. The number of amides is 1. The molecule has 2 aromatic carbocycles. The van der Waals surface area contributed by atoms with Crippen LogP contribution < -0.4 is 10.6 Å². The smallest absolute Gasteiger partial charge is 0.261 e. The molecule has 2 rings (SSSR count). The molecular weight excluding hydrogens is 399 g/mol. The molecular formula is C15H13IN2O2S. The van der Waals surface area contributed by atoms with E-state index in [9.17, 15) is 9.90 Å². The number of para-hydroxylation sites is 1. The van der Waals surface area contributed by atoms with Gasteiger partial charge in [-0.25, -0.2) is 0 Å². The molecule has 0 bridgehead atoms. The zero-order valence-corrected chi connectivity index (χ0v) is 14.2. The van der Waals surface area contributed by atoms with Crippen molar-refractivity contribution in [1.29, 1.82) is 0 Å². The number of hydrogen-bond acceptors (Lipinski definition) is 3. The highest BCUT2D eigenvalue weighted by molar-refractivity contribution is 14.1. The van der Waals surface area contributed by atoms with E-state index < -0.39 is 0 Å². The monoisotopic (exact) mass is 412 g/mol. The minimum atomic E-state index is -0.324. The van der Waals surface area contributed by atoms with Crippen LogP contribution in [0.2, 0.25) is 0 Å². The van der Waals surface area contributed by atoms with E-state index >= 15 is 0 Å². The molecule has 0 aliphatic heterocycles. The van der Waals surface area contributed by atoms with Gasteiger partial charge in [-0.15, -0.1) is 0 Å². The summed E-state index contributed by atoms with van der Waals surface area (Å²) >= 11 is 7.10. The summed E-state index contributed by atoms with van der Waals surface area (Å²) in [6.07, 6.45) is 0. The Morgan fingerprint density at radius 2 is 1.90 bits per heavy atom. The summed E-state index contributed by atoms with van der Waals surface area (Å²) in [5, 5.41) is 9.88. The molecule has 0 spiro atoms. The molecule has 21 heavy (non-hydrogen) atoms. The van der Waals surface area contributed by atoms with E-state index in [1.165, 1.54) is 11.0 Å². The van der Waals surface area contributed by atoms with Gasteiger partial charge in [-0.2, -0.15) is 0 Å². The fourth-order valence-electron chi connectivity index (χ4n) is 1.94. The summed E-state index contributed by atoms with van der Waals surface area (Å²) in [5.41, 5.74) is 7.15. The summed E-state index contributed by atoms with van der Waals surface area (Å²) in [5.74, 6) is -0.380. The van der Waals surface area contributed by atoms with E-state index in [0.29, 0.717) is 11.3 Å². The number of anilines is 1. The second-order valence-corrected chi connectivity index (χ2v) is 6.09. The first-order valence-electron chi connectivity index (χ1n) is 6.07. The molecule has 0 radical (unpaired) electrons. The maximum Gasteiger partial charge on any atom is 0.261 e. The fourth-order valence-corrected chi connectivity index (χ4v) is 2.61. The Bertz CT molecular complexity index is 719. The number of thiocarbonyl (C=S) groups is 1. The van der Waals surface area contributed by atoms with Crippen molar-refractivity contribution in [2.45, 2.75) is 0 Å². The number of benzene rings is 2. The van der Waals surface area contributed by atoms with E-state index in [0.717, 1.165) is 3.57 Å². The van der Waals surface area contributed by atoms with Crippen LogP contribution >= 0.6 is 34.8 Å². The lowest BCUT2D eigenvalue weighted by atomic mass is 10.1. The third-order valence-electron chi connectivity index (χ3n) is 3.02. The number of phenolic OH excluding ortho intramolecular Hbond substituents is 1. The zero-order valence-electron chi connectivity index (χ0n) is 11.2. The lowest BCUT2D eigenvalue weighted by molar-refractivity contribution is 0.0990. The van der Waals surface area contributed by atoms with Crippen molar-refractivity contribution in [1.82, 2.24) is 0 Å². The Kier molecular flexibility index (Phi) is 4.79. The summed E-state index contributed by atoms with van der Waals surface area (Å²) in [6.45, 7) is 0. The van der Waals surface area contributed by atoms with E-state index in [2.05, 4.69) is 22.6 Å². The molecule has 0 aromatic heterocycles. The average molecular weight is 412 g/mol. The van der Waals surface area contributed by atoms with Crippen molar-refractivity contribution < 1.29 is 9.90 Å². The highest BCUT2D eigenvalue weighted by Gasteiger charge is 2.20. The van der Waals surface area contributed by atoms with Crippen LogP contribution in [0.3, 0.4) is 0 Å². The van der Waals surface area contributed by atoms with Gasteiger partial charge in [0, 0.05) is 16.2 Å². The number of nitrogens with two attached hydrogens (primary N) is 1. The van der Waals surface area contributed by atoms with Crippen LogP contribution in [0.4, 0.5) is 5.69 Å². The second-order valence-electron chi connectivity index (χ2n) is 4.41. The van der Waals surface area contributed by atoms with Gasteiger partial charge in [-0.1, -0.05) is 24.4 Å². The lowest BCUT2D eigenvalue weighted by Crippen LogP contribution is -2.28. The van der Waals surface area contributed by atoms with Gasteiger partial charge < -0.3 is 15.7 Å². The molecule has 6 heteroatoms. The predicted molar refractivity (Wildman–Crippen MR) is 95.9 cm³/mol. The summed E-state index contributed by atoms with van der Waals surface area (Å²) in [6, 6.07) is 12.0. The number of halogens is 1. The van der Waals surface area contributed by atoms with Crippen molar-refractivity contribution in [3.05, 3.63) is 57.2 Å². The molecule has 0 heterocycles. The number of aromatic hydroxyl groups is 1. The number of phenols is 1. The summed E-state index contributed by atoms with van der Waals surface area (Å²) < 4.78 is 0.866. The van der Waals surface area contributed by atoms with Gasteiger partial charge in [0.1, 0.15) is 10.7 Å². The largest absolute Gasteiger partial charge is 0.507 e. The van der Waals surface area contributed by atoms with Gasteiger partial charge in [0.15, 0.2) is 0 Å². The molecule has 108 valence electrons. The summed E-state index contributed by atoms with van der Waals surface area (Å²) in [4.78, 5) is 14.2. The predicted octanol–water partition coefficient (Wildman–Crippen LogP) is 2.91. The average Bonchev–Trinajstić information content (AvgIpc) is 2.48. The van der Waals surface area contributed by atoms with E-state index in [-0.39, 0.29) is 22.2 Å². The Labute approximate surface area is 141 Å². The lowest BCUT2D eigenvalue weighted by Gasteiger charge is -2.21. The third kappa shape index (κ3) is 3.33.